The van der Waals surface area contributed by atoms with Crippen molar-refractivity contribution in [2.45, 2.75) is 19.9 Å². The molecule has 0 radical (unpaired) electrons. The van der Waals surface area contributed by atoms with E-state index in [1.165, 1.54) is 23.5 Å². The van der Waals surface area contributed by atoms with Crippen LogP contribution in [0.3, 0.4) is 0 Å². The van der Waals surface area contributed by atoms with Crippen molar-refractivity contribution < 1.29 is 9.18 Å². The zero-order valence-corrected chi connectivity index (χ0v) is 14.8. The predicted molar refractivity (Wildman–Crippen MR) is 93.9 cm³/mol. The highest BCUT2D eigenvalue weighted by molar-refractivity contribution is 9.10. The van der Waals surface area contributed by atoms with Crippen molar-refractivity contribution in [2.75, 3.05) is 0 Å². The van der Waals surface area contributed by atoms with Crippen molar-refractivity contribution in [3.8, 4) is 0 Å². The predicted octanol–water partition coefficient (Wildman–Crippen LogP) is 4.29. The lowest BCUT2D eigenvalue weighted by Crippen LogP contribution is -2.16. The van der Waals surface area contributed by atoms with E-state index in [0.29, 0.717) is 4.80 Å². The van der Waals surface area contributed by atoms with Gasteiger partial charge in [-0.2, -0.15) is 4.99 Å². The molecule has 1 amide bonds. The van der Waals surface area contributed by atoms with Crippen molar-refractivity contribution in [3.05, 3.63) is 63.1 Å². The number of halogens is 2. The van der Waals surface area contributed by atoms with Crippen molar-refractivity contribution in [2.24, 2.45) is 4.99 Å². The number of thiazole rings is 1. The second-order valence-electron chi connectivity index (χ2n) is 5.05. The Kier molecular flexibility index (Phi) is 4.73. The van der Waals surface area contributed by atoms with Crippen LogP contribution in [0, 0.1) is 5.82 Å². The SMILES string of the molecule is CCn1c(=NC(=O)Cc2ccc(F)cc2)sc2cc(Br)ccc21. The summed E-state index contributed by atoms with van der Waals surface area (Å²) >= 11 is 4.95. The number of amides is 1. The number of nitrogens with zero attached hydrogens (tertiary/aromatic N) is 2. The van der Waals surface area contributed by atoms with Gasteiger partial charge in [-0.05, 0) is 42.8 Å². The summed E-state index contributed by atoms with van der Waals surface area (Å²) in [4.78, 5) is 17.1. The molecule has 3 rings (SSSR count). The largest absolute Gasteiger partial charge is 0.317 e. The third kappa shape index (κ3) is 3.59. The minimum atomic E-state index is -0.308. The molecule has 3 aromatic rings. The van der Waals surface area contributed by atoms with E-state index in [1.807, 2.05) is 29.7 Å². The van der Waals surface area contributed by atoms with Crippen LogP contribution >= 0.6 is 27.3 Å². The number of hydrogen-bond acceptors (Lipinski definition) is 2. The lowest BCUT2D eigenvalue weighted by molar-refractivity contribution is -0.117. The summed E-state index contributed by atoms with van der Waals surface area (Å²) in [7, 11) is 0. The smallest absolute Gasteiger partial charge is 0.252 e. The van der Waals surface area contributed by atoms with Crippen LogP contribution in [-0.4, -0.2) is 10.5 Å². The average molecular weight is 393 g/mol. The zero-order chi connectivity index (χ0) is 16.4. The van der Waals surface area contributed by atoms with Gasteiger partial charge in [0.1, 0.15) is 5.82 Å². The normalized spacial score (nSPS) is 12.0. The molecule has 0 aliphatic rings. The molecule has 0 aliphatic carbocycles. The van der Waals surface area contributed by atoms with E-state index < -0.39 is 0 Å². The van der Waals surface area contributed by atoms with Crippen LogP contribution in [0.15, 0.2) is 51.9 Å². The number of benzene rings is 2. The fourth-order valence-corrected chi connectivity index (χ4v) is 4.02. The Morgan fingerprint density at radius 2 is 2.00 bits per heavy atom. The van der Waals surface area contributed by atoms with Crippen LogP contribution in [0.1, 0.15) is 12.5 Å². The van der Waals surface area contributed by atoms with Crippen LogP contribution < -0.4 is 4.80 Å². The van der Waals surface area contributed by atoms with Crippen LogP contribution in [0.2, 0.25) is 0 Å². The molecular formula is C17H14BrFN2OS. The van der Waals surface area contributed by atoms with E-state index in [2.05, 4.69) is 20.9 Å². The molecule has 6 heteroatoms. The summed E-state index contributed by atoms with van der Waals surface area (Å²) in [5.41, 5.74) is 1.82. The molecule has 0 fully saturated rings. The molecule has 3 nitrogen and oxygen atoms in total. The van der Waals surface area contributed by atoms with Crippen molar-refractivity contribution in [1.82, 2.24) is 4.57 Å². The Balaban J connectivity index is 1.96. The van der Waals surface area contributed by atoms with Gasteiger partial charge in [-0.3, -0.25) is 4.79 Å². The van der Waals surface area contributed by atoms with E-state index in [1.54, 1.807) is 12.1 Å². The Morgan fingerprint density at radius 1 is 1.26 bits per heavy atom. The number of aromatic nitrogens is 1. The Labute approximate surface area is 145 Å². The highest BCUT2D eigenvalue weighted by Crippen LogP contribution is 2.22. The number of fused-ring (bicyclic) bond motifs is 1. The number of hydrogen-bond donors (Lipinski definition) is 0. The first-order valence-corrected chi connectivity index (χ1v) is 8.78. The van der Waals surface area contributed by atoms with Gasteiger partial charge in [0, 0.05) is 11.0 Å². The van der Waals surface area contributed by atoms with Crippen molar-refractivity contribution >= 4 is 43.4 Å². The van der Waals surface area contributed by atoms with Gasteiger partial charge >= 0.3 is 0 Å². The topological polar surface area (TPSA) is 34.4 Å². The quantitative estimate of drug-likeness (QED) is 0.654. The molecule has 0 saturated heterocycles. The summed E-state index contributed by atoms with van der Waals surface area (Å²) < 4.78 is 17.0. The Bertz CT molecular complexity index is 928. The fraction of sp³-hybridized carbons (Fsp3) is 0.176. The van der Waals surface area contributed by atoms with Gasteiger partial charge in [-0.15, -0.1) is 0 Å². The summed E-state index contributed by atoms with van der Waals surface area (Å²) in [6.07, 6.45) is 0.169. The molecule has 0 spiro atoms. The maximum Gasteiger partial charge on any atom is 0.252 e. The molecule has 118 valence electrons. The van der Waals surface area contributed by atoms with Gasteiger partial charge in [0.05, 0.1) is 16.6 Å². The minimum Gasteiger partial charge on any atom is -0.317 e. The first kappa shape index (κ1) is 16.1. The minimum absolute atomic E-state index is 0.169. The summed E-state index contributed by atoms with van der Waals surface area (Å²) in [6, 6.07) is 11.9. The van der Waals surface area contributed by atoms with Crippen molar-refractivity contribution in [3.63, 3.8) is 0 Å². The Hall–Kier alpha value is -1.79. The van der Waals surface area contributed by atoms with Crippen LogP contribution in [0.25, 0.3) is 10.2 Å². The van der Waals surface area contributed by atoms with Crippen LogP contribution in [-0.2, 0) is 17.8 Å². The van der Waals surface area contributed by atoms with Gasteiger partial charge in [-0.25, -0.2) is 4.39 Å². The van der Waals surface area contributed by atoms with Gasteiger partial charge in [0.25, 0.3) is 5.91 Å². The lowest BCUT2D eigenvalue weighted by atomic mass is 10.1. The van der Waals surface area contributed by atoms with Gasteiger partial charge in [0.15, 0.2) is 4.80 Å². The summed E-state index contributed by atoms with van der Waals surface area (Å²) in [6.45, 7) is 2.77. The van der Waals surface area contributed by atoms with Gasteiger partial charge in [-0.1, -0.05) is 39.4 Å². The zero-order valence-electron chi connectivity index (χ0n) is 12.4. The maximum absolute atomic E-state index is 12.9. The maximum atomic E-state index is 12.9. The molecule has 0 atom stereocenters. The number of carbonyl (C=O) groups is 1. The monoisotopic (exact) mass is 392 g/mol. The number of aryl methyl sites for hydroxylation is 1. The first-order chi connectivity index (χ1) is 11.1. The average Bonchev–Trinajstić information content (AvgIpc) is 2.85. The van der Waals surface area contributed by atoms with E-state index in [9.17, 15) is 9.18 Å². The third-order valence-electron chi connectivity index (χ3n) is 3.45. The molecule has 0 N–H and O–H groups in total. The van der Waals surface area contributed by atoms with Crippen LogP contribution in [0.4, 0.5) is 4.39 Å². The summed E-state index contributed by atoms with van der Waals surface area (Å²) in [5, 5.41) is 0. The van der Waals surface area contributed by atoms with E-state index >= 15 is 0 Å². The van der Waals surface area contributed by atoms with E-state index in [4.69, 9.17) is 0 Å². The number of carbonyl (C=O) groups excluding carboxylic acids is 1. The molecular weight excluding hydrogens is 379 g/mol. The molecule has 0 aliphatic heterocycles. The number of rotatable bonds is 3. The summed E-state index contributed by atoms with van der Waals surface area (Å²) in [5.74, 6) is -0.540. The highest BCUT2D eigenvalue weighted by Gasteiger charge is 2.08. The fourth-order valence-electron chi connectivity index (χ4n) is 2.36. The molecule has 2 aromatic carbocycles. The molecule has 1 heterocycles. The van der Waals surface area contributed by atoms with Gasteiger partial charge < -0.3 is 4.57 Å². The second-order valence-corrected chi connectivity index (χ2v) is 6.97. The van der Waals surface area contributed by atoms with Crippen LogP contribution in [0.5, 0.6) is 0 Å². The van der Waals surface area contributed by atoms with Crippen molar-refractivity contribution in [1.29, 1.82) is 0 Å². The van der Waals surface area contributed by atoms with Gasteiger partial charge in [0.2, 0.25) is 0 Å². The van der Waals surface area contributed by atoms with E-state index in [0.717, 1.165) is 26.8 Å². The molecule has 23 heavy (non-hydrogen) atoms. The Morgan fingerprint density at radius 3 is 2.70 bits per heavy atom. The first-order valence-electron chi connectivity index (χ1n) is 7.17. The lowest BCUT2D eigenvalue weighted by Gasteiger charge is -2.00. The van der Waals surface area contributed by atoms with E-state index in [-0.39, 0.29) is 18.1 Å². The molecule has 0 bridgehead atoms. The second kappa shape index (κ2) is 6.76. The molecule has 0 unspecified atom stereocenters. The molecule has 0 saturated carbocycles. The standard InChI is InChI=1S/C17H14BrFN2OS/c1-2-21-14-8-5-12(18)10-15(14)23-17(21)20-16(22)9-11-3-6-13(19)7-4-11/h3-8,10H,2,9H2,1H3. The molecule has 1 aromatic heterocycles. The third-order valence-corrected chi connectivity index (χ3v) is 4.98. The highest BCUT2D eigenvalue weighted by atomic mass is 79.9.